The van der Waals surface area contributed by atoms with E-state index in [-0.39, 0.29) is 24.3 Å². The van der Waals surface area contributed by atoms with Crippen LogP contribution in [0.2, 0.25) is 0 Å². The van der Waals surface area contributed by atoms with Gasteiger partial charge in [-0.25, -0.2) is 9.80 Å². The molecule has 0 radical (unpaired) electrons. The Morgan fingerprint density at radius 2 is 1.83 bits per heavy atom. The van der Waals surface area contributed by atoms with E-state index in [1.807, 2.05) is 11.9 Å². The van der Waals surface area contributed by atoms with Crippen molar-refractivity contribution >= 4 is 6.09 Å². The van der Waals surface area contributed by atoms with E-state index < -0.39 is 0 Å². The van der Waals surface area contributed by atoms with Crippen LogP contribution in [-0.2, 0) is 4.74 Å². The van der Waals surface area contributed by atoms with Crippen LogP contribution in [-0.4, -0.2) is 41.0 Å². The van der Waals surface area contributed by atoms with Crippen molar-refractivity contribution in [2.24, 2.45) is 47.3 Å². The van der Waals surface area contributed by atoms with Gasteiger partial charge >= 0.3 is 6.09 Å². The molecule has 0 aromatic carbocycles. The number of hydrogen-bond acceptors (Lipinski definition) is 4. The molecule has 0 aromatic rings. The molecule has 10 atom stereocenters. The lowest BCUT2D eigenvalue weighted by Gasteiger charge is -2.50. The van der Waals surface area contributed by atoms with Crippen LogP contribution in [0.15, 0.2) is 11.6 Å². The number of rotatable bonds is 7. The topological polar surface area (TPSA) is 61.8 Å². The molecule has 5 aliphatic rings. The van der Waals surface area contributed by atoms with Crippen LogP contribution in [0.4, 0.5) is 4.79 Å². The Balaban J connectivity index is 1.13. The summed E-state index contributed by atoms with van der Waals surface area (Å²) in [6.45, 7) is 9.79. The molecule has 0 spiro atoms. The minimum absolute atomic E-state index is 0.00855. The van der Waals surface area contributed by atoms with E-state index >= 15 is 0 Å². The van der Waals surface area contributed by atoms with Crippen molar-refractivity contribution in [1.29, 1.82) is 0 Å². The first-order valence-corrected chi connectivity index (χ1v) is 15.4. The number of nitrogens with zero attached hydrogens (tertiary/aromatic N) is 1. The van der Waals surface area contributed by atoms with Gasteiger partial charge in [0.1, 0.15) is 6.10 Å². The lowest BCUT2D eigenvalue weighted by Crippen LogP contribution is -2.46. The molecular weight excluding hydrogens is 448 g/mol. The second-order valence-electron chi connectivity index (χ2n) is 13.7. The van der Waals surface area contributed by atoms with Crippen LogP contribution in [0.5, 0.6) is 0 Å². The zero-order valence-electron chi connectivity index (χ0n) is 23.3. The van der Waals surface area contributed by atoms with Gasteiger partial charge in [0.25, 0.3) is 0 Å². The second-order valence-corrected chi connectivity index (χ2v) is 13.7. The quantitative estimate of drug-likeness (QED) is 0.381. The number of hydrazine groups is 1. The average Bonchev–Trinajstić information content (AvgIpc) is 3.40. The highest BCUT2D eigenvalue weighted by molar-refractivity contribution is 5.66. The van der Waals surface area contributed by atoms with Gasteiger partial charge in [-0.3, -0.25) is 5.43 Å². The number of carbonyl (C=O) groups excluding carboxylic acids is 1. The molecule has 5 heteroatoms. The summed E-state index contributed by atoms with van der Waals surface area (Å²) in [5.41, 5.74) is 4.46. The number of hydrogen-bond donors (Lipinski definition) is 2. The highest BCUT2D eigenvalue weighted by Crippen LogP contribution is 2.59. The van der Waals surface area contributed by atoms with E-state index in [0.29, 0.717) is 13.0 Å². The lowest BCUT2D eigenvalue weighted by atomic mass is 9.56. The number of β-amino-alcohol motifs (C(OH)–C–C–N with tert-alkyl or cyclic N) is 1. The number of allylic oxidation sites excluding steroid dienone is 1. The third-order valence-corrected chi connectivity index (χ3v) is 11.0. The SMILES string of the molecule is CC(C)CCC[C@@H](C)[C@H]1CCC2C3CC=C4C[C@@H](OC(=O)NN5C[C@H](O)C[C@H]5C)CCC4C3CCC21. The van der Waals surface area contributed by atoms with Crippen molar-refractivity contribution in [3.63, 3.8) is 0 Å². The summed E-state index contributed by atoms with van der Waals surface area (Å²) in [5.74, 6) is 7.12. The lowest BCUT2D eigenvalue weighted by molar-refractivity contribution is 0.0171. The number of fused-ring (bicyclic) bond motifs is 5. The molecule has 5 nitrogen and oxygen atoms in total. The zero-order chi connectivity index (χ0) is 25.4. The molecule has 4 aliphatic carbocycles. The van der Waals surface area contributed by atoms with E-state index in [1.165, 1.54) is 57.8 Å². The van der Waals surface area contributed by atoms with E-state index in [2.05, 4.69) is 32.3 Å². The summed E-state index contributed by atoms with van der Waals surface area (Å²) < 4.78 is 5.86. The largest absolute Gasteiger partial charge is 0.445 e. The Labute approximate surface area is 219 Å². The molecule has 1 aliphatic heterocycles. The highest BCUT2D eigenvalue weighted by Gasteiger charge is 2.50. The fraction of sp³-hybridized carbons (Fsp3) is 0.903. The minimum Gasteiger partial charge on any atom is -0.445 e. The van der Waals surface area contributed by atoms with Gasteiger partial charge < -0.3 is 9.84 Å². The van der Waals surface area contributed by atoms with Gasteiger partial charge in [0.05, 0.1) is 6.10 Å². The number of amides is 1. The van der Waals surface area contributed by atoms with Crippen LogP contribution in [0.25, 0.3) is 0 Å². The second kappa shape index (κ2) is 11.4. The Morgan fingerprint density at radius 3 is 2.58 bits per heavy atom. The molecule has 4 fully saturated rings. The minimum atomic E-state index is -0.366. The van der Waals surface area contributed by atoms with Crippen molar-refractivity contribution in [3.05, 3.63) is 11.6 Å². The first-order valence-electron chi connectivity index (χ1n) is 15.4. The monoisotopic (exact) mass is 500 g/mol. The van der Waals surface area contributed by atoms with Gasteiger partial charge in [-0.2, -0.15) is 0 Å². The molecule has 5 rings (SSSR count). The van der Waals surface area contributed by atoms with Gasteiger partial charge in [-0.05, 0) is 106 Å². The molecule has 1 amide bonds. The Bertz CT molecular complexity index is 797. The molecule has 1 heterocycles. The maximum atomic E-state index is 12.5. The Hall–Kier alpha value is -1.07. The standard InChI is InChI=1S/C31H52N2O3/c1-19(2)6-5-7-20(3)25-12-13-30-27(25)14-15-28-26-11-9-24(17-22(26)8-10-29(28)30)36-31(35)32-33-18-23(34)16-21(33)4/h8,19-21,23-30,34H,5-7,9-18H2,1-4H3,(H,32,35)/t20-,21-,23-,24+,25-,26?,27?,28?,29?,30?/m1/s1. The first-order chi connectivity index (χ1) is 17.3. The summed E-state index contributed by atoms with van der Waals surface area (Å²) in [4.78, 5) is 12.5. The molecular formula is C31H52N2O3. The van der Waals surface area contributed by atoms with Crippen LogP contribution in [0.1, 0.15) is 105 Å². The highest BCUT2D eigenvalue weighted by atomic mass is 16.6. The van der Waals surface area contributed by atoms with Gasteiger partial charge in [-0.1, -0.05) is 51.7 Å². The molecule has 2 N–H and O–H groups in total. The van der Waals surface area contributed by atoms with Gasteiger partial charge in [0, 0.05) is 19.0 Å². The van der Waals surface area contributed by atoms with Crippen molar-refractivity contribution in [2.45, 2.75) is 123 Å². The summed E-state index contributed by atoms with van der Waals surface area (Å²) in [5, 5.41) is 11.7. The van der Waals surface area contributed by atoms with Crippen molar-refractivity contribution in [2.75, 3.05) is 6.54 Å². The van der Waals surface area contributed by atoms with Crippen molar-refractivity contribution < 1.29 is 14.6 Å². The third kappa shape index (κ3) is 5.67. The van der Waals surface area contributed by atoms with Gasteiger partial charge in [0.15, 0.2) is 0 Å². The number of aliphatic hydroxyl groups is 1. The maximum absolute atomic E-state index is 12.5. The molecule has 1 saturated heterocycles. The van der Waals surface area contributed by atoms with Crippen molar-refractivity contribution in [3.8, 4) is 0 Å². The summed E-state index contributed by atoms with van der Waals surface area (Å²) in [6.07, 6.45) is 16.9. The molecule has 36 heavy (non-hydrogen) atoms. The fourth-order valence-corrected chi connectivity index (χ4v) is 9.26. The average molecular weight is 501 g/mol. The van der Waals surface area contributed by atoms with E-state index in [0.717, 1.165) is 60.2 Å². The van der Waals surface area contributed by atoms with Gasteiger partial charge in [0.2, 0.25) is 0 Å². The van der Waals surface area contributed by atoms with Crippen molar-refractivity contribution in [1.82, 2.24) is 10.4 Å². The summed E-state index contributed by atoms with van der Waals surface area (Å²) >= 11 is 0. The molecule has 0 aromatic heterocycles. The first kappa shape index (κ1) is 26.5. The normalized spacial score (nSPS) is 41.3. The number of aliphatic hydroxyl groups excluding tert-OH is 1. The van der Waals surface area contributed by atoms with Crippen LogP contribution < -0.4 is 5.43 Å². The van der Waals surface area contributed by atoms with Gasteiger partial charge in [-0.15, -0.1) is 0 Å². The third-order valence-electron chi connectivity index (χ3n) is 11.0. The predicted molar refractivity (Wildman–Crippen MR) is 144 cm³/mol. The number of ether oxygens (including phenoxy) is 1. The van der Waals surface area contributed by atoms with E-state index in [4.69, 9.17) is 4.74 Å². The Kier molecular flexibility index (Phi) is 8.37. The molecule has 3 saturated carbocycles. The maximum Gasteiger partial charge on any atom is 0.422 e. The molecule has 0 bridgehead atoms. The molecule has 204 valence electrons. The van der Waals surface area contributed by atoms with Crippen LogP contribution >= 0.6 is 0 Å². The number of nitrogens with one attached hydrogen (secondary N) is 1. The smallest absolute Gasteiger partial charge is 0.422 e. The van der Waals surface area contributed by atoms with E-state index in [9.17, 15) is 9.90 Å². The fourth-order valence-electron chi connectivity index (χ4n) is 9.26. The van der Waals surface area contributed by atoms with Crippen LogP contribution in [0, 0.1) is 47.3 Å². The summed E-state index contributed by atoms with van der Waals surface area (Å²) in [6, 6.07) is 0.148. The summed E-state index contributed by atoms with van der Waals surface area (Å²) in [7, 11) is 0. The predicted octanol–water partition coefficient (Wildman–Crippen LogP) is 6.71. The van der Waals surface area contributed by atoms with Crippen LogP contribution in [0.3, 0.4) is 0 Å². The zero-order valence-corrected chi connectivity index (χ0v) is 23.3. The van der Waals surface area contributed by atoms with E-state index in [1.54, 1.807) is 5.57 Å². The molecule has 5 unspecified atom stereocenters. The number of carbonyl (C=O) groups is 1. The Morgan fingerprint density at radius 1 is 1.06 bits per heavy atom.